The topological polar surface area (TPSA) is 47.9 Å². The maximum Gasteiger partial charge on any atom is 0.192 e. The molecule has 0 saturated heterocycles. The lowest BCUT2D eigenvalue weighted by Gasteiger charge is -2.38. The molecule has 0 aromatic heterocycles. The van der Waals surface area contributed by atoms with E-state index in [2.05, 4.69) is 45.0 Å². The predicted octanol–water partition coefficient (Wildman–Crippen LogP) is 2.33. The first-order valence-corrected chi connectivity index (χ1v) is 7.79. The third-order valence-electron chi connectivity index (χ3n) is 5.27. The summed E-state index contributed by atoms with van der Waals surface area (Å²) in [5, 5.41) is 21.2. The van der Waals surface area contributed by atoms with Gasteiger partial charge in [-0.25, -0.2) is 5.01 Å². The molecule has 20 heavy (non-hydrogen) atoms. The molecule has 3 rings (SSSR count). The van der Waals surface area contributed by atoms with E-state index in [1.807, 2.05) is 6.92 Å². The van der Waals surface area contributed by atoms with Crippen molar-refractivity contribution in [3.63, 3.8) is 0 Å². The minimum absolute atomic E-state index is 0.127. The Bertz CT molecular complexity index is 508. The van der Waals surface area contributed by atoms with Crippen LogP contribution in [-0.4, -0.2) is 32.2 Å². The van der Waals surface area contributed by atoms with Gasteiger partial charge in [-0.15, -0.1) is 0 Å². The monoisotopic (exact) mass is 295 g/mol. The molecule has 0 aromatic carbocycles. The summed E-state index contributed by atoms with van der Waals surface area (Å²) in [6.07, 6.45) is 0.766. The Labute approximate surface area is 126 Å². The van der Waals surface area contributed by atoms with E-state index in [1.54, 1.807) is 5.01 Å². The van der Waals surface area contributed by atoms with Crippen molar-refractivity contribution in [1.29, 1.82) is 0 Å². The molecular formula is C15H25N3OS. The highest BCUT2D eigenvalue weighted by atomic mass is 32.1. The van der Waals surface area contributed by atoms with Crippen molar-refractivity contribution in [2.45, 2.75) is 59.2 Å². The van der Waals surface area contributed by atoms with Gasteiger partial charge in [0.25, 0.3) is 0 Å². The molecule has 2 aliphatic carbocycles. The average Bonchev–Trinajstić information content (AvgIpc) is 2.56. The Balaban J connectivity index is 1.85. The van der Waals surface area contributed by atoms with Crippen molar-refractivity contribution in [1.82, 2.24) is 10.3 Å². The summed E-state index contributed by atoms with van der Waals surface area (Å²) in [6.45, 7) is 12.8. The molecule has 0 bridgehead atoms. The number of thiocarbonyl (C=S) groups is 1. The first-order chi connectivity index (χ1) is 8.98. The van der Waals surface area contributed by atoms with Gasteiger partial charge >= 0.3 is 0 Å². The van der Waals surface area contributed by atoms with Crippen molar-refractivity contribution < 1.29 is 5.11 Å². The minimum atomic E-state index is -0.912. The maximum atomic E-state index is 11.1. The number of hydrogen-bond acceptors (Lipinski definition) is 3. The van der Waals surface area contributed by atoms with Gasteiger partial charge in [0.15, 0.2) is 10.8 Å². The molecule has 0 radical (unpaired) electrons. The first-order valence-electron chi connectivity index (χ1n) is 7.38. The molecule has 5 heteroatoms. The quantitative estimate of drug-likeness (QED) is 0.673. The first kappa shape index (κ1) is 14.3. The Morgan fingerprint density at radius 3 is 2.60 bits per heavy atom. The Morgan fingerprint density at radius 2 is 2.05 bits per heavy atom. The molecule has 2 fully saturated rings. The van der Waals surface area contributed by atoms with Gasteiger partial charge in [0.2, 0.25) is 0 Å². The predicted molar refractivity (Wildman–Crippen MR) is 84.3 cm³/mol. The van der Waals surface area contributed by atoms with Gasteiger partial charge in [0.05, 0.1) is 5.92 Å². The van der Waals surface area contributed by atoms with Gasteiger partial charge in [-0.05, 0) is 57.2 Å². The number of hydrogen-bond donors (Lipinski definition) is 2. The second kappa shape index (κ2) is 3.74. The third kappa shape index (κ3) is 1.75. The summed E-state index contributed by atoms with van der Waals surface area (Å²) >= 11 is 5.47. The number of rotatable bonds is 0. The second-order valence-electron chi connectivity index (χ2n) is 8.25. The highest BCUT2D eigenvalue weighted by Gasteiger charge is 2.75. The molecule has 2 N–H and O–H groups in total. The smallest absolute Gasteiger partial charge is 0.192 e. The van der Waals surface area contributed by atoms with Crippen molar-refractivity contribution >= 4 is 23.0 Å². The van der Waals surface area contributed by atoms with Crippen LogP contribution in [0.15, 0.2) is 5.10 Å². The Morgan fingerprint density at radius 1 is 1.45 bits per heavy atom. The van der Waals surface area contributed by atoms with E-state index in [9.17, 15) is 5.11 Å². The molecular weight excluding hydrogens is 270 g/mol. The van der Waals surface area contributed by atoms with E-state index >= 15 is 0 Å². The van der Waals surface area contributed by atoms with Gasteiger partial charge < -0.3 is 10.4 Å². The molecule has 0 spiro atoms. The zero-order valence-electron chi connectivity index (χ0n) is 13.2. The normalized spacial score (nSPS) is 41.0. The van der Waals surface area contributed by atoms with E-state index in [-0.39, 0.29) is 11.5 Å². The Kier molecular flexibility index (Phi) is 2.67. The van der Waals surface area contributed by atoms with Gasteiger partial charge in [-0.3, -0.25) is 0 Å². The van der Waals surface area contributed by atoms with Crippen LogP contribution in [0.3, 0.4) is 0 Å². The molecule has 3 aliphatic rings. The fourth-order valence-electron chi connectivity index (χ4n) is 4.29. The zero-order chi connectivity index (χ0) is 15.1. The van der Waals surface area contributed by atoms with Crippen LogP contribution in [0.2, 0.25) is 0 Å². The van der Waals surface area contributed by atoms with E-state index < -0.39 is 5.72 Å². The highest BCUT2D eigenvalue weighted by molar-refractivity contribution is 7.80. The average molecular weight is 295 g/mol. The number of hydrazone groups is 1. The number of aliphatic hydroxyl groups is 1. The molecule has 1 aliphatic heterocycles. The van der Waals surface area contributed by atoms with Crippen LogP contribution >= 0.6 is 12.2 Å². The maximum absolute atomic E-state index is 11.1. The summed E-state index contributed by atoms with van der Waals surface area (Å²) in [7, 11) is 0. The number of nitrogens with one attached hydrogen (secondary N) is 1. The fourth-order valence-corrected chi connectivity index (χ4v) is 4.80. The lowest BCUT2D eigenvalue weighted by Crippen LogP contribution is -2.56. The van der Waals surface area contributed by atoms with Crippen molar-refractivity contribution in [2.24, 2.45) is 28.3 Å². The number of fused-ring (bicyclic) bond motifs is 3. The molecule has 1 heterocycles. The lowest BCUT2D eigenvalue weighted by atomic mass is 9.84. The summed E-state index contributed by atoms with van der Waals surface area (Å²) in [4.78, 5) is 0. The highest BCUT2D eigenvalue weighted by Crippen LogP contribution is 2.73. The lowest BCUT2D eigenvalue weighted by molar-refractivity contribution is -0.0864. The summed E-state index contributed by atoms with van der Waals surface area (Å²) in [5.74, 6) is 1.25. The number of nitrogens with zero attached hydrogens (tertiary/aromatic N) is 2. The van der Waals surface area contributed by atoms with Crippen molar-refractivity contribution in [3.8, 4) is 0 Å². The van der Waals surface area contributed by atoms with Gasteiger partial charge in [-0.2, -0.15) is 5.10 Å². The Hall–Kier alpha value is -0.680. The van der Waals surface area contributed by atoms with E-state index in [4.69, 9.17) is 12.2 Å². The standard InChI is InChI=1S/C15H25N3OS/c1-8-10-11-9(14(11,5)6)7-15(10,19)18(17-8)12(20)16-13(2,3)4/h9-11,19H,7H2,1-6H3,(H,16,20)/t9-,10-,11-,15+/m1/s1. The summed E-state index contributed by atoms with van der Waals surface area (Å²) < 4.78 is 0. The van der Waals surface area contributed by atoms with Crippen LogP contribution in [0.1, 0.15) is 48.0 Å². The van der Waals surface area contributed by atoms with Crippen molar-refractivity contribution in [3.05, 3.63) is 0 Å². The van der Waals surface area contributed by atoms with Crippen LogP contribution in [0.4, 0.5) is 0 Å². The zero-order valence-corrected chi connectivity index (χ0v) is 14.0. The largest absolute Gasteiger partial charge is 0.368 e. The van der Waals surface area contributed by atoms with Crippen LogP contribution in [0, 0.1) is 23.2 Å². The molecule has 0 aromatic rings. The fraction of sp³-hybridized carbons (Fsp3) is 0.867. The van der Waals surface area contributed by atoms with Crippen molar-refractivity contribution in [2.75, 3.05) is 0 Å². The van der Waals surface area contributed by atoms with E-state index in [1.165, 1.54) is 0 Å². The van der Waals surface area contributed by atoms with Crippen LogP contribution in [-0.2, 0) is 0 Å². The molecule has 0 unspecified atom stereocenters. The molecule has 4 atom stereocenters. The van der Waals surface area contributed by atoms with E-state index in [0.717, 1.165) is 12.1 Å². The van der Waals surface area contributed by atoms with Crippen LogP contribution < -0.4 is 5.32 Å². The SMILES string of the molecule is CC1=NN(C(=S)NC(C)(C)C)[C@]2(O)C[C@@H]3[C@H]([C@@H]12)C3(C)C. The van der Waals surface area contributed by atoms with Gasteiger partial charge in [0, 0.05) is 17.7 Å². The molecule has 2 saturated carbocycles. The van der Waals surface area contributed by atoms with Gasteiger partial charge in [-0.1, -0.05) is 13.8 Å². The van der Waals surface area contributed by atoms with Crippen LogP contribution in [0.25, 0.3) is 0 Å². The third-order valence-corrected chi connectivity index (χ3v) is 5.54. The molecule has 0 amide bonds. The van der Waals surface area contributed by atoms with E-state index in [0.29, 0.717) is 22.4 Å². The second-order valence-corrected chi connectivity index (χ2v) is 8.63. The van der Waals surface area contributed by atoms with Gasteiger partial charge in [0.1, 0.15) is 0 Å². The minimum Gasteiger partial charge on any atom is -0.368 e. The van der Waals surface area contributed by atoms with Crippen LogP contribution in [0.5, 0.6) is 0 Å². The molecule has 4 nitrogen and oxygen atoms in total. The summed E-state index contributed by atoms with van der Waals surface area (Å²) in [6, 6.07) is 0. The summed E-state index contributed by atoms with van der Waals surface area (Å²) in [5.41, 5.74) is 0.312. The molecule has 112 valence electrons.